The number of benzene rings is 1. The zero-order valence-electron chi connectivity index (χ0n) is 13.3. The molecule has 26 heavy (non-hydrogen) atoms. The van der Waals surface area contributed by atoms with Gasteiger partial charge < -0.3 is 10.6 Å². The Morgan fingerprint density at radius 2 is 1.85 bits per heavy atom. The first kappa shape index (κ1) is 17.4. The van der Waals surface area contributed by atoms with Crippen LogP contribution in [0, 0.1) is 17.5 Å². The van der Waals surface area contributed by atoms with E-state index in [1.807, 2.05) is 12.1 Å². The average molecular weight is 358 g/mol. The lowest BCUT2D eigenvalue weighted by Gasteiger charge is -2.08. The van der Waals surface area contributed by atoms with Crippen LogP contribution in [-0.4, -0.2) is 15.9 Å². The Labute approximate surface area is 146 Å². The molecule has 5 nitrogen and oxygen atoms in total. The Balaban J connectivity index is 1.64. The van der Waals surface area contributed by atoms with Crippen LogP contribution in [0.2, 0.25) is 0 Å². The van der Waals surface area contributed by atoms with Crippen molar-refractivity contribution in [1.82, 2.24) is 9.97 Å². The molecule has 3 rings (SSSR count). The van der Waals surface area contributed by atoms with Crippen molar-refractivity contribution >= 4 is 17.4 Å². The van der Waals surface area contributed by atoms with Crippen molar-refractivity contribution in [1.29, 1.82) is 0 Å². The molecule has 0 saturated heterocycles. The molecule has 0 spiro atoms. The van der Waals surface area contributed by atoms with Crippen LogP contribution >= 0.6 is 0 Å². The first-order valence-electron chi connectivity index (χ1n) is 7.58. The minimum atomic E-state index is -1.69. The summed E-state index contributed by atoms with van der Waals surface area (Å²) in [5.74, 6) is -5.38. The molecule has 0 unspecified atom stereocenters. The number of nitrogens with zero attached hydrogens (tertiary/aromatic N) is 2. The van der Waals surface area contributed by atoms with Gasteiger partial charge in [-0.05, 0) is 35.9 Å². The molecule has 1 aromatic carbocycles. The maximum Gasteiger partial charge on any atom is 0.259 e. The Bertz CT molecular complexity index is 918. The van der Waals surface area contributed by atoms with E-state index >= 15 is 0 Å². The molecule has 0 saturated carbocycles. The molecular weight excluding hydrogens is 345 g/mol. The fraction of sp³-hybridized carbons (Fsp3) is 0.0556. The third kappa shape index (κ3) is 3.97. The summed E-state index contributed by atoms with van der Waals surface area (Å²) in [5, 5.41) is 5.46. The average Bonchev–Trinajstić information content (AvgIpc) is 2.66. The SMILES string of the molecule is O=C(Nc1ccc(NCc2cccnc2)cn1)c1ccc(F)c(F)c1F. The van der Waals surface area contributed by atoms with E-state index in [1.54, 1.807) is 18.5 Å². The summed E-state index contributed by atoms with van der Waals surface area (Å²) in [6.07, 6.45) is 4.89. The summed E-state index contributed by atoms with van der Waals surface area (Å²) in [6.45, 7) is 0.543. The van der Waals surface area contributed by atoms with Crippen molar-refractivity contribution in [3.63, 3.8) is 0 Å². The molecule has 0 aliphatic heterocycles. The number of amides is 1. The van der Waals surface area contributed by atoms with Gasteiger partial charge in [0.15, 0.2) is 17.5 Å². The van der Waals surface area contributed by atoms with Gasteiger partial charge >= 0.3 is 0 Å². The molecule has 1 amide bonds. The highest BCUT2D eigenvalue weighted by Crippen LogP contribution is 2.17. The summed E-state index contributed by atoms with van der Waals surface area (Å²) in [4.78, 5) is 20.0. The van der Waals surface area contributed by atoms with Crippen LogP contribution in [0.15, 0.2) is 55.0 Å². The number of anilines is 2. The second-order valence-electron chi connectivity index (χ2n) is 5.32. The van der Waals surface area contributed by atoms with Gasteiger partial charge in [0.2, 0.25) is 0 Å². The van der Waals surface area contributed by atoms with Crippen molar-refractivity contribution in [3.05, 3.63) is 83.6 Å². The number of hydrogen-bond donors (Lipinski definition) is 2. The third-order valence-electron chi connectivity index (χ3n) is 3.50. The molecule has 3 aromatic rings. The standard InChI is InChI=1S/C18H13F3N4O/c19-14-5-4-13(16(20)17(14)21)18(26)25-15-6-3-12(10-24-15)23-9-11-2-1-7-22-8-11/h1-8,10,23H,9H2,(H,24,25,26). The van der Waals surface area contributed by atoms with Crippen LogP contribution in [0.25, 0.3) is 0 Å². The number of nitrogens with one attached hydrogen (secondary N) is 2. The van der Waals surface area contributed by atoms with Crippen molar-refractivity contribution in [2.24, 2.45) is 0 Å². The number of pyridine rings is 2. The van der Waals surface area contributed by atoms with Gasteiger partial charge in [-0.15, -0.1) is 0 Å². The number of hydrogen-bond acceptors (Lipinski definition) is 4. The van der Waals surface area contributed by atoms with E-state index in [0.717, 1.165) is 11.6 Å². The number of rotatable bonds is 5. The molecular formula is C18H13F3N4O. The quantitative estimate of drug-likeness (QED) is 0.682. The molecule has 0 atom stereocenters. The van der Waals surface area contributed by atoms with Gasteiger partial charge in [0.25, 0.3) is 5.91 Å². The van der Waals surface area contributed by atoms with Crippen LogP contribution < -0.4 is 10.6 Å². The normalized spacial score (nSPS) is 10.4. The first-order valence-corrected chi connectivity index (χ1v) is 7.58. The summed E-state index contributed by atoms with van der Waals surface area (Å²) < 4.78 is 39.8. The van der Waals surface area contributed by atoms with E-state index < -0.39 is 28.9 Å². The molecule has 0 aliphatic carbocycles. The van der Waals surface area contributed by atoms with Gasteiger partial charge in [-0.1, -0.05) is 6.07 Å². The number of aromatic nitrogens is 2. The Morgan fingerprint density at radius 1 is 1.00 bits per heavy atom. The molecule has 0 radical (unpaired) electrons. The van der Waals surface area contributed by atoms with Crippen molar-refractivity contribution in [3.8, 4) is 0 Å². The third-order valence-corrected chi connectivity index (χ3v) is 3.50. The highest BCUT2D eigenvalue weighted by molar-refractivity contribution is 6.04. The molecule has 0 fully saturated rings. The second kappa shape index (κ2) is 7.64. The highest BCUT2D eigenvalue weighted by Gasteiger charge is 2.19. The number of carbonyl (C=O) groups is 1. The Hall–Kier alpha value is -3.42. The maximum absolute atomic E-state index is 13.6. The highest BCUT2D eigenvalue weighted by atomic mass is 19.2. The van der Waals surface area contributed by atoms with E-state index in [9.17, 15) is 18.0 Å². The van der Waals surface area contributed by atoms with E-state index in [-0.39, 0.29) is 5.82 Å². The maximum atomic E-state index is 13.6. The van der Waals surface area contributed by atoms with Gasteiger partial charge in [-0.25, -0.2) is 18.2 Å². The van der Waals surface area contributed by atoms with Gasteiger partial charge in [-0.2, -0.15) is 0 Å². The molecule has 132 valence electrons. The van der Waals surface area contributed by atoms with E-state index in [2.05, 4.69) is 20.6 Å². The predicted octanol–water partition coefficient (Wildman–Crippen LogP) is 3.76. The molecule has 2 heterocycles. The van der Waals surface area contributed by atoms with Gasteiger partial charge in [0.1, 0.15) is 5.82 Å². The van der Waals surface area contributed by atoms with Gasteiger partial charge in [0, 0.05) is 18.9 Å². The smallest absolute Gasteiger partial charge is 0.259 e. The molecule has 8 heteroatoms. The predicted molar refractivity (Wildman–Crippen MR) is 90.1 cm³/mol. The minimum Gasteiger partial charge on any atom is -0.380 e. The molecule has 0 aliphatic rings. The van der Waals surface area contributed by atoms with Crippen molar-refractivity contribution in [2.75, 3.05) is 10.6 Å². The lowest BCUT2D eigenvalue weighted by atomic mass is 10.2. The van der Waals surface area contributed by atoms with E-state index in [1.165, 1.54) is 12.3 Å². The Kier molecular flexibility index (Phi) is 5.12. The van der Waals surface area contributed by atoms with Gasteiger partial charge in [0.05, 0.1) is 17.4 Å². The molecule has 2 aromatic heterocycles. The Morgan fingerprint density at radius 3 is 2.54 bits per heavy atom. The summed E-state index contributed by atoms with van der Waals surface area (Å²) in [5.41, 5.74) is 1.08. The second-order valence-corrected chi connectivity index (χ2v) is 5.32. The lowest BCUT2D eigenvalue weighted by molar-refractivity contribution is 0.102. The summed E-state index contributed by atoms with van der Waals surface area (Å²) in [7, 11) is 0. The lowest BCUT2D eigenvalue weighted by Crippen LogP contribution is -2.16. The van der Waals surface area contributed by atoms with Crippen LogP contribution in [0.5, 0.6) is 0 Å². The van der Waals surface area contributed by atoms with Crippen LogP contribution in [0.3, 0.4) is 0 Å². The monoisotopic (exact) mass is 358 g/mol. The molecule has 0 bridgehead atoms. The minimum absolute atomic E-state index is 0.145. The van der Waals surface area contributed by atoms with Crippen LogP contribution in [-0.2, 0) is 6.54 Å². The van der Waals surface area contributed by atoms with E-state index in [4.69, 9.17) is 0 Å². The van der Waals surface area contributed by atoms with Crippen molar-refractivity contribution in [2.45, 2.75) is 6.54 Å². The topological polar surface area (TPSA) is 66.9 Å². The van der Waals surface area contributed by atoms with Gasteiger partial charge in [-0.3, -0.25) is 9.78 Å². The zero-order chi connectivity index (χ0) is 18.5. The first-order chi connectivity index (χ1) is 12.5. The summed E-state index contributed by atoms with van der Waals surface area (Å²) >= 11 is 0. The van der Waals surface area contributed by atoms with Crippen LogP contribution in [0.4, 0.5) is 24.7 Å². The number of halogens is 3. The largest absolute Gasteiger partial charge is 0.380 e. The van der Waals surface area contributed by atoms with Crippen molar-refractivity contribution < 1.29 is 18.0 Å². The fourth-order valence-corrected chi connectivity index (χ4v) is 2.16. The summed E-state index contributed by atoms with van der Waals surface area (Å²) in [6, 6.07) is 8.46. The fourth-order valence-electron chi connectivity index (χ4n) is 2.16. The van der Waals surface area contributed by atoms with E-state index in [0.29, 0.717) is 18.3 Å². The van der Waals surface area contributed by atoms with Crippen LogP contribution in [0.1, 0.15) is 15.9 Å². The zero-order valence-corrected chi connectivity index (χ0v) is 13.3. The number of carbonyl (C=O) groups excluding carboxylic acids is 1. The molecule has 2 N–H and O–H groups in total.